The second-order valence-corrected chi connectivity index (χ2v) is 7.20. The number of hydrogen-bond donors (Lipinski definition) is 3. The Bertz CT molecular complexity index is 999. The number of methoxy groups -OCH3 is 1. The molecule has 3 N–H and O–H groups in total. The van der Waals surface area contributed by atoms with Crippen LogP contribution in [0.1, 0.15) is 17.5 Å². The molecule has 0 saturated heterocycles. The minimum absolute atomic E-state index is 0.0230. The van der Waals surface area contributed by atoms with Crippen LogP contribution in [0.3, 0.4) is 0 Å². The fourth-order valence-electron chi connectivity index (χ4n) is 3.10. The van der Waals surface area contributed by atoms with Crippen molar-refractivity contribution in [3.63, 3.8) is 0 Å². The molecule has 9 nitrogen and oxygen atoms in total. The Labute approximate surface area is 182 Å². The maximum atomic E-state index is 13.4. The van der Waals surface area contributed by atoms with Gasteiger partial charge in [0, 0.05) is 44.8 Å². The number of fused-ring (bicyclic) bond motifs is 1. The van der Waals surface area contributed by atoms with Crippen molar-refractivity contribution in [3.8, 4) is 0 Å². The van der Waals surface area contributed by atoms with E-state index in [9.17, 15) is 22.8 Å². The van der Waals surface area contributed by atoms with Crippen LogP contribution in [0, 0.1) is 0 Å². The number of aromatic nitrogens is 2. The van der Waals surface area contributed by atoms with E-state index in [0.717, 1.165) is 5.56 Å². The van der Waals surface area contributed by atoms with E-state index < -0.39 is 11.7 Å². The van der Waals surface area contributed by atoms with Crippen LogP contribution in [-0.4, -0.2) is 60.5 Å². The normalized spacial score (nSPS) is 12.8. The summed E-state index contributed by atoms with van der Waals surface area (Å²) in [5.41, 5.74) is 1.03. The average molecular weight is 452 g/mol. The topological polar surface area (TPSA) is 108 Å². The third kappa shape index (κ3) is 5.84. The van der Waals surface area contributed by atoms with Crippen molar-refractivity contribution in [1.29, 1.82) is 0 Å². The number of nitrogens with zero attached hydrogens (tertiary/aromatic N) is 3. The molecule has 172 valence electrons. The van der Waals surface area contributed by atoms with E-state index in [2.05, 4.69) is 25.9 Å². The summed E-state index contributed by atoms with van der Waals surface area (Å²) in [6.45, 7) is 0.446. The number of carbonyl (C=O) groups excluding carboxylic acids is 2. The molecular formula is C20H23F3N6O3. The fraction of sp³-hybridized carbons (Fsp3) is 0.400. The van der Waals surface area contributed by atoms with Crippen molar-refractivity contribution >= 4 is 35.0 Å². The molecule has 2 aromatic rings. The number of likely N-dealkylation sites (N-methyl/N-ethyl adjacent to an activating group) is 1. The molecule has 0 saturated carbocycles. The summed E-state index contributed by atoms with van der Waals surface area (Å²) in [4.78, 5) is 32.4. The average Bonchev–Trinajstić information content (AvgIpc) is 3.09. The number of amides is 2. The van der Waals surface area contributed by atoms with Crippen LogP contribution in [0.15, 0.2) is 24.4 Å². The summed E-state index contributed by atoms with van der Waals surface area (Å²) < 4.78 is 44.9. The van der Waals surface area contributed by atoms with Gasteiger partial charge in [-0.3, -0.25) is 9.59 Å². The zero-order valence-corrected chi connectivity index (χ0v) is 17.5. The molecule has 0 bridgehead atoms. The van der Waals surface area contributed by atoms with E-state index in [4.69, 9.17) is 4.74 Å². The third-order valence-electron chi connectivity index (χ3n) is 4.74. The van der Waals surface area contributed by atoms with Gasteiger partial charge in [0.2, 0.25) is 17.8 Å². The molecule has 0 aliphatic carbocycles. The van der Waals surface area contributed by atoms with Crippen molar-refractivity contribution < 1.29 is 27.5 Å². The minimum atomic E-state index is -4.63. The van der Waals surface area contributed by atoms with Crippen molar-refractivity contribution in [3.05, 3.63) is 35.5 Å². The standard InChI is InChI=1S/C20H23F3N6O3/c1-29(17(31)11-32-2)7-3-6-24-18-14(20(21,22)23)10-25-19(28-18)26-13-4-5-15-12(8-13)9-16(30)27-15/h4-5,8,10H,3,6-7,9,11H2,1-2H3,(H,27,30)(H2,24,25,26,28). The lowest BCUT2D eigenvalue weighted by atomic mass is 10.1. The Kier molecular flexibility index (Phi) is 7.13. The molecule has 2 heterocycles. The van der Waals surface area contributed by atoms with Crippen LogP contribution in [0.4, 0.5) is 36.3 Å². The van der Waals surface area contributed by atoms with E-state index >= 15 is 0 Å². The van der Waals surface area contributed by atoms with Gasteiger partial charge in [-0.05, 0) is 30.2 Å². The van der Waals surface area contributed by atoms with Gasteiger partial charge in [0.1, 0.15) is 18.0 Å². The first-order valence-electron chi connectivity index (χ1n) is 9.78. The van der Waals surface area contributed by atoms with Crippen LogP contribution >= 0.6 is 0 Å². The van der Waals surface area contributed by atoms with Gasteiger partial charge in [-0.1, -0.05) is 0 Å². The zero-order valence-electron chi connectivity index (χ0n) is 17.5. The zero-order chi connectivity index (χ0) is 23.3. The lowest BCUT2D eigenvalue weighted by molar-refractivity contribution is -0.137. The number of nitrogens with one attached hydrogen (secondary N) is 3. The first-order chi connectivity index (χ1) is 15.2. The van der Waals surface area contributed by atoms with Crippen molar-refractivity contribution in [1.82, 2.24) is 14.9 Å². The number of hydrogen-bond acceptors (Lipinski definition) is 7. The highest BCUT2D eigenvalue weighted by Crippen LogP contribution is 2.34. The molecule has 32 heavy (non-hydrogen) atoms. The Hall–Kier alpha value is -3.41. The molecule has 0 fully saturated rings. The number of ether oxygens (including phenoxy) is 1. The Morgan fingerprint density at radius 1 is 1.34 bits per heavy atom. The molecule has 1 aliphatic rings. The van der Waals surface area contributed by atoms with Crippen LogP contribution in [0.2, 0.25) is 0 Å². The molecule has 0 spiro atoms. The second kappa shape index (κ2) is 9.81. The van der Waals surface area contributed by atoms with Gasteiger partial charge in [0.15, 0.2) is 0 Å². The molecule has 0 atom stereocenters. The molecule has 1 aromatic carbocycles. The molecule has 2 amide bonds. The van der Waals surface area contributed by atoms with E-state index in [1.807, 2.05) is 0 Å². The molecule has 0 radical (unpaired) electrons. The molecule has 3 rings (SSSR count). The smallest absolute Gasteiger partial charge is 0.375 e. The SMILES string of the molecule is COCC(=O)N(C)CCCNc1nc(Nc2ccc3c(c2)CC(=O)N3)ncc1C(F)(F)F. The molecule has 1 aromatic heterocycles. The number of halogens is 3. The lowest BCUT2D eigenvalue weighted by Gasteiger charge is -2.18. The van der Waals surface area contributed by atoms with Crippen molar-refractivity contribution in [2.45, 2.75) is 19.0 Å². The molecule has 12 heteroatoms. The van der Waals surface area contributed by atoms with Gasteiger partial charge in [-0.15, -0.1) is 0 Å². The van der Waals surface area contributed by atoms with Gasteiger partial charge in [0.05, 0.1) is 6.42 Å². The third-order valence-corrected chi connectivity index (χ3v) is 4.74. The lowest BCUT2D eigenvalue weighted by Crippen LogP contribution is -2.31. The van der Waals surface area contributed by atoms with E-state index in [1.54, 1.807) is 25.2 Å². The number of anilines is 4. The summed E-state index contributed by atoms with van der Waals surface area (Å²) in [5.74, 6) is -0.726. The predicted octanol–water partition coefficient (Wildman–Crippen LogP) is 2.64. The summed E-state index contributed by atoms with van der Waals surface area (Å²) in [7, 11) is 3.00. The van der Waals surface area contributed by atoms with Crippen LogP contribution in [0.5, 0.6) is 0 Å². The van der Waals surface area contributed by atoms with Crippen molar-refractivity contribution in [2.24, 2.45) is 0 Å². The van der Waals surface area contributed by atoms with Crippen LogP contribution in [0.25, 0.3) is 0 Å². The Morgan fingerprint density at radius 3 is 2.84 bits per heavy atom. The monoisotopic (exact) mass is 452 g/mol. The highest BCUT2D eigenvalue weighted by atomic mass is 19.4. The van der Waals surface area contributed by atoms with E-state index in [-0.39, 0.29) is 43.2 Å². The highest BCUT2D eigenvalue weighted by Gasteiger charge is 2.35. The summed E-state index contributed by atoms with van der Waals surface area (Å²) >= 11 is 0. The van der Waals surface area contributed by atoms with Crippen LogP contribution < -0.4 is 16.0 Å². The quantitative estimate of drug-likeness (QED) is 0.502. The predicted molar refractivity (Wildman–Crippen MR) is 112 cm³/mol. The van der Waals surface area contributed by atoms with Crippen molar-refractivity contribution in [2.75, 3.05) is 49.8 Å². The maximum Gasteiger partial charge on any atom is 0.421 e. The van der Waals surface area contributed by atoms with Gasteiger partial charge < -0.3 is 25.6 Å². The fourth-order valence-corrected chi connectivity index (χ4v) is 3.10. The number of alkyl halides is 3. The van der Waals surface area contributed by atoms with Crippen LogP contribution in [-0.2, 0) is 26.9 Å². The minimum Gasteiger partial charge on any atom is -0.375 e. The van der Waals surface area contributed by atoms with Gasteiger partial charge in [-0.2, -0.15) is 18.2 Å². The largest absolute Gasteiger partial charge is 0.421 e. The first-order valence-corrected chi connectivity index (χ1v) is 9.78. The Morgan fingerprint density at radius 2 is 2.12 bits per heavy atom. The maximum absolute atomic E-state index is 13.4. The Balaban J connectivity index is 1.68. The van der Waals surface area contributed by atoms with Gasteiger partial charge in [0.25, 0.3) is 0 Å². The number of benzene rings is 1. The van der Waals surface area contributed by atoms with E-state index in [0.29, 0.717) is 30.5 Å². The molecule has 1 aliphatic heterocycles. The first kappa shape index (κ1) is 23.3. The summed E-state index contributed by atoms with van der Waals surface area (Å²) in [6.07, 6.45) is -3.29. The second-order valence-electron chi connectivity index (χ2n) is 7.20. The number of rotatable bonds is 9. The highest BCUT2D eigenvalue weighted by molar-refractivity contribution is 5.99. The van der Waals surface area contributed by atoms with Gasteiger partial charge >= 0.3 is 6.18 Å². The summed E-state index contributed by atoms with van der Waals surface area (Å²) in [5, 5.41) is 8.26. The molecular weight excluding hydrogens is 429 g/mol. The number of carbonyl (C=O) groups is 2. The molecule has 0 unspecified atom stereocenters. The van der Waals surface area contributed by atoms with Gasteiger partial charge in [-0.25, -0.2) is 4.98 Å². The van der Waals surface area contributed by atoms with E-state index in [1.165, 1.54) is 12.0 Å². The summed E-state index contributed by atoms with van der Waals surface area (Å²) in [6, 6.07) is 5.09.